The summed E-state index contributed by atoms with van der Waals surface area (Å²) in [5, 5.41) is 4.05. The van der Waals surface area contributed by atoms with Gasteiger partial charge in [0.2, 0.25) is 5.89 Å². The van der Waals surface area contributed by atoms with E-state index in [9.17, 15) is 0 Å². The average molecular weight is 239 g/mol. The lowest BCUT2D eigenvalue weighted by molar-refractivity contribution is 0.0830. The summed E-state index contributed by atoms with van der Waals surface area (Å²) in [6, 6.07) is -0.115. The fourth-order valence-corrected chi connectivity index (χ4v) is 2.07. The number of hydrogen-bond acceptors (Lipinski definition) is 5. The Bertz CT molecular complexity index is 334. The average Bonchev–Trinajstić information content (AvgIpc) is 2.86. The summed E-state index contributed by atoms with van der Waals surface area (Å²) in [4.78, 5) is 4.43. The zero-order chi connectivity index (χ0) is 12.1. The number of ether oxygens (including phenoxy) is 1. The van der Waals surface area contributed by atoms with Crippen molar-refractivity contribution in [3.05, 3.63) is 11.7 Å². The Hall–Kier alpha value is -0.940. The van der Waals surface area contributed by atoms with Crippen LogP contribution in [0.5, 0.6) is 0 Å². The number of nitrogens with zero attached hydrogens (tertiary/aromatic N) is 2. The molecule has 17 heavy (non-hydrogen) atoms. The van der Waals surface area contributed by atoms with Crippen LogP contribution in [0.1, 0.15) is 62.7 Å². The van der Waals surface area contributed by atoms with Crippen molar-refractivity contribution in [2.75, 3.05) is 13.2 Å². The first-order chi connectivity index (χ1) is 8.31. The second kappa shape index (κ2) is 6.12. The zero-order valence-electron chi connectivity index (χ0n) is 10.4. The molecule has 0 aromatic carbocycles. The first kappa shape index (κ1) is 12.5. The van der Waals surface area contributed by atoms with Crippen LogP contribution >= 0.6 is 0 Å². The zero-order valence-corrected chi connectivity index (χ0v) is 10.4. The van der Waals surface area contributed by atoms with E-state index in [1.165, 1.54) is 0 Å². The van der Waals surface area contributed by atoms with Crippen LogP contribution in [0.3, 0.4) is 0 Å². The molecular weight excluding hydrogens is 218 g/mol. The van der Waals surface area contributed by atoms with Crippen molar-refractivity contribution >= 4 is 0 Å². The van der Waals surface area contributed by atoms with Gasteiger partial charge in [0, 0.05) is 19.1 Å². The molecular formula is C12H21N3O2. The quantitative estimate of drug-likeness (QED) is 0.852. The minimum atomic E-state index is -0.115. The van der Waals surface area contributed by atoms with Gasteiger partial charge < -0.3 is 15.0 Å². The van der Waals surface area contributed by atoms with Gasteiger partial charge in [-0.2, -0.15) is 4.98 Å². The number of unbranched alkanes of at least 4 members (excludes halogenated alkanes) is 1. The number of hydrogen-bond donors (Lipinski definition) is 1. The molecule has 1 aromatic heterocycles. The highest BCUT2D eigenvalue weighted by molar-refractivity contribution is 4.98. The van der Waals surface area contributed by atoms with E-state index in [0.717, 1.165) is 51.1 Å². The number of rotatable bonds is 5. The molecule has 1 aliphatic heterocycles. The van der Waals surface area contributed by atoms with E-state index in [4.69, 9.17) is 15.0 Å². The fourth-order valence-electron chi connectivity index (χ4n) is 2.07. The third-order valence-electron chi connectivity index (χ3n) is 3.23. The Morgan fingerprint density at radius 1 is 1.41 bits per heavy atom. The topological polar surface area (TPSA) is 74.2 Å². The summed E-state index contributed by atoms with van der Waals surface area (Å²) < 4.78 is 10.6. The van der Waals surface area contributed by atoms with Crippen LogP contribution in [-0.4, -0.2) is 23.4 Å². The highest BCUT2D eigenvalue weighted by Crippen LogP contribution is 2.25. The molecule has 0 spiro atoms. The standard InChI is InChI=1S/C12H21N3O2/c1-2-3-4-10(13)12-14-11(15-17-12)9-5-7-16-8-6-9/h9-10H,2-8,13H2,1H3. The molecule has 2 N–H and O–H groups in total. The third-order valence-corrected chi connectivity index (χ3v) is 3.23. The van der Waals surface area contributed by atoms with E-state index in [-0.39, 0.29) is 6.04 Å². The van der Waals surface area contributed by atoms with Crippen LogP contribution in [0, 0.1) is 0 Å². The van der Waals surface area contributed by atoms with Crippen molar-refractivity contribution < 1.29 is 9.26 Å². The predicted octanol–water partition coefficient (Wildman–Crippen LogP) is 2.15. The Kier molecular flexibility index (Phi) is 4.50. The minimum Gasteiger partial charge on any atom is -0.381 e. The van der Waals surface area contributed by atoms with Gasteiger partial charge in [-0.1, -0.05) is 24.9 Å². The molecule has 0 bridgehead atoms. The summed E-state index contributed by atoms with van der Waals surface area (Å²) >= 11 is 0. The molecule has 5 heteroatoms. The first-order valence-corrected chi connectivity index (χ1v) is 6.48. The summed E-state index contributed by atoms with van der Waals surface area (Å²) in [6.45, 7) is 3.72. The maximum absolute atomic E-state index is 6.00. The van der Waals surface area contributed by atoms with Crippen LogP contribution in [0.15, 0.2) is 4.52 Å². The smallest absolute Gasteiger partial charge is 0.243 e. The highest BCUT2D eigenvalue weighted by atomic mass is 16.5. The summed E-state index contributed by atoms with van der Waals surface area (Å²) in [5.41, 5.74) is 6.00. The van der Waals surface area contributed by atoms with Crippen molar-refractivity contribution in [1.29, 1.82) is 0 Å². The molecule has 0 saturated carbocycles. The molecule has 0 amide bonds. The summed E-state index contributed by atoms with van der Waals surface area (Å²) in [7, 11) is 0. The molecule has 5 nitrogen and oxygen atoms in total. The van der Waals surface area contributed by atoms with Gasteiger partial charge in [-0.3, -0.25) is 0 Å². The van der Waals surface area contributed by atoms with E-state index in [0.29, 0.717) is 11.8 Å². The van der Waals surface area contributed by atoms with Gasteiger partial charge >= 0.3 is 0 Å². The summed E-state index contributed by atoms with van der Waals surface area (Å²) in [6.07, 6.45) is 5.09. The Labute approximate surface area is 102 Å². The number of nitrogens with two attached hydrogens (primary N) is 1. The molecule has 96 valence electrons. The molecule has 1 fully saturated rings. The first-order valence-electron chi connectivity index (χ1n) is 6.48. The monoisotopic (exact) mass is 239 g/mol. The SMILES string of the molecule is CCCCC(N)c1nc(C2CCOCC2)no1. The molecule has 1 aliphatic rings. The molecule has 1 aromatic rings. The van der Waals surface area contributed by atoms with Crippen LogP contribution in [-0.2, 0) is 4.74 Å². The van der Waals surface area contributed by atoms with Crippen molar-refractivity contribution in [2.45, 2.75) is 51.0 Å². The Morgan fingerprint density at radius 3 is 2.88 bits per heavy atom. The summed E-state index contributed by atoms with van der Waals surface area (Å²) in [5.74, 6) is 1.76. The van der Waals surface area contributed by atoms with Gasteiger partial charge in [0.15, 0.2) is 5.82 Å². The predicted molar refractivity (Wildman–Crippen MR) is 63.5 cm³/mol. The maximum Gasteiger partial charge on any atom is 0.243 e. The van der Waals surface area contributed by atoms with Gasteiger partial charge in [-0.15, -0.1) is 0 Å². The maximum atomic E-state index is 6.00. The minimum absolute atomic E-state index is 0.115. The molecule has 1 atom stereocenters. The van der Waals surface area contributed by atoms with Crippen LogP contribution in [0.25, 0.3) is 0 Å². The normalized spacial score (nSPS) is 19.4. The van der Waals surface area contributed by atoms with Crippen LogP contribution < -0.4 is 5.73 Å². The van der Waals surface area contributed by atoms with Crippen molar-refractivity contribution in [2.24, 2.45) is 5.73 Å². The molecule has 2 heterocycles. The third kappa shape index (κ3) is 3.26. The second-order valence-corrected chi connectivity index (χ2v) is 4.63. The van der Waals surface area contributed by atoms with Crippen LogP contribution in [0.2, 0.25) is 0 Å². The van der Waals surface area contributed by atoms with E-state index >= 15 is 0 Å². The molecule has 0 radical (unpaired) electrons. The molecule has 1 unspecified atom stereocenters. The number of aromatic nitrogens is 2. The molecule has 0 aliphatic carbocycles. The second-order valence-electron chi connectivity index (χ2n) is 4.63. The van der Waals surface area contributed by atoms with E-state index in [1.54, 1.807) is 0 Å². The molecule has 1 saturated heterocycles. The van der Waals surface area contributed by atoms with Crippen molar-refractivity contribution in [3.63, 3.8) is 0 Å². The van der Waals surface area contributed by atoms with Gasteiger partial charge in [-0.25, -0.2) is 0 Å². The van der Waals surface area contributed by atoms with Gasteiger partial charge in [0.1, 0.15) is 0 Å². The largest absolute Gasteiger partial charge is 0.381 e. The van der Waals surface area contributed by atoms with Gasteiger partial charge in [-0.05, 0) is 19.3 Å². The molecule has 2 rings (SSSR count). The van der Waals surface area contributed by atoms with Crippen molar-refractivity contribution in [1.82, 2.24) is 10.1 Å². The van der Waals surface area contributed by atoms with Crippen LogP contribution in [0.4, 0.5) is 0 Å². The Morgan fingerprint density at radius 2 is 2.18 bits per heavy atom. The van der Waals surface area contributed by atoms with Gasteiger partial charge in [0.05, 0.1) is 6.04 Å². The van der Waals surface area contributed by atoms with Gasteiger partial charge in [0.25, 0.3) is 0 Å². The van der Waals surface area contributed by atoms with E-state index < -0.39 is 0 Å². The lowest BCUT2D eigenvalue weighted by Gasteiger charge is -2.18. The highest BCUT2D eigenvalue weighted by Gasteiger charge is 2.22. The fraction of sp³-hybridized carbons (Fsp3) is 0.833. The lowest BCUT2D eigenvalue weighted by Crippen LogP contribution is -2.15. The van der Waals surface area contributed by atoms with E-state index in [1.807, 2.05) is 0 Å². The lowest BCUT2D eigenvalue weighted by atomic mass is 10.00. The Balaban J connectivity index is 1.94. The van der Waals surface area contributed by atoms with E-state index in [2.05, 4.69) is 17.1 Å². The van der Waals surface area contributed by atoms with Crippen molar-refractivity contribution in [3.8, 4) is 0 Å².